The molecule has 0 spiro atoms. The van der Waals surface area contributed by atoms with Crippen LogP contribution in [-0.4, -0.2) is 30.9 Å². The van der Waals surface area contributed by atoms with E-state index in [1.54, 1.807) is 32.1 Å². The van der Waals surface area contributed by atoms with Crippen LogP contribution in [0.1, 0.15) is 43.2 Å². The van der Waals surface area contributed by atoms with E-state index in [9.17, 15) is 14.4 Å². The number of ketones is 1. The van der Waals surface area contributed by atoms with Gasteiger partial charge in [-0.25, -0.2) is 0 Å². The zero-order valence-corrected chi connectivity index (χ0v) is 14.0. The maximum absolute atomic E-state index is 12.9. The van der Waals surface area contributed by atoms with Crippen molar-refractivity contribution < 1.29 is 23.9 Å². The minimum atomic E-state index is -1.27. The molecule has 0 fully saturated rings. The number of carbonyl (C=O) groups excluding carboxylic acids is 3. The lowest BCUT2D eigenvalue weighted by molar-refractivity contribution is -0.164. The molecule has 0 N–H and O–H groups in total. The molecule has 1 aliphatic carbocycles. The van der Waals surface area contributed by atoms with Gasteiger partial charge in [0.2, 0.25) is 0 Å². The van der Waals surface area contributed by atoms with Gasteiger partial charge in [-0.05, 0) is 31.4 Å². The Kier molecular flexibility index (Phi) is 5.90. The maximum Gasteiger partial charge on any atom is 0.321 e. The van der Waals surface area contributed by atoms with E-state index in [1.165, 1.54) is 0 Å². The number of allylic oxidation sites excluding steroid dienone is 1. The molecule has 128 valence electrons. The Labute approximate surface area is 141 Å². The summed E-state index contributed by atoms with van der Waals surface area (Å²) >= 11 is 0. The summed E-state index contributed by atoms with van der Waals surface area (Å²) in [7, 11) is 0. The Hall–Kier alpha value is -2.43. The normalized spacial score (nSPS) is 19.0. The van der Waals surface area contributed by atoms with Crippen LogP contribution in [0.25, 0.3) is 0 Å². The zero-order valence-electron chi connectivity index (χ0n) is 14.0. The molecule has 1 aliphatic rings. The average Bonchev–Trinajstić information content (AvgIpc) is 2.82. The molecule has 0 saturated heterocycles. The second kappa shape index (κ2) is 7.90. The first-order valence-corrected chi connectivity index (χ1v) is 8.13. The predicted octanol–water partition coefficient (Wildman–Crippen LogP) is 2.76. The topological polar surface area (TPSA) is 69.7 Å². The third kappa shape index (κ3) is 3.25. The van der Waals surface area contributed by atoms with Crippen LogP contribution in [0.2, 0.25) is 0 Å². The van der Waals surface area contributed by atoms with Gasteiger partial charge in [0.25, 0.3) is 0 Å². The summed E-state index contributed by atoms with van der Waals surface area (Å²) in [5.74, 6) is -4.14. The van der Waals surface area contributed by atoms with Crippen LogP contribution in [-0.2, 0) is 23.9 Å². The third-order valence-electron chi connectivity index (χ3n) is 4.17. The van der Waals surface area contributed by atoms with Crippen molar-refractivity contribution in [2.75, 3.05) is 13.2 Å². The van der Waals surface area contributed by atoms with Crippen molar-refractivity contribution in [1.82, 2.24) is 0 Å². The van der Waals surface area contributed by atoms with E-state index in [0.717, 1.165) is 5.56 Å². The minimum Gasteiger partial charge on any atom is -0.465 e. The Morgan fingerprint density at radius 3 is 2.17 bits per heavy atom. The van der Waals surface area contributed by atoms with Crippen molar-refractivity contribution in [3.63, 3.8) is 0 Å². The van der Waals surface area contributed by atoms with Gasteiger partial charge in [0.1, 0.15) is 5.78 Å². The van der Waals surface area contributed by atoms with Gasteiger partial charge in [-0.2, -0.15) is 0 Å². The summed E-state index contributed by atoms with van der Waals surface area (Å²) in [6.45, 7) is 7.28. The van der Waals surface area contributed by atoms with Crippen molar-refractivity contribution >= 4 is 17.7 Å². The lowest BCUT2D eigenvalue weighted by atomic mass is 9.85. The van der Waals surface area contributed by atoms with E-state index < -0.39 is 29.7 Å². The summed E-state index contributed by atoms with van der Waals surface area (Å²) in [5.41, 5.74) is 1.53. The highest BCUT2D eigenvalue weighted by Crippen LogP contribution is 2.45. The Morgan fingerprint density at radius 1 is 1.12 bits per heavy atom. The number of Topliss-reactive ketones (excluding diaryl/α,β-unsaturated/α-hetero) is 1. The van der Waals surface area contributed by atoms with Crippen LogP contribution in [0.3, 0.4) is 0 Å². The SMILES string of the molecule is C=CCC1C(=O)C(C(C(=O)OCC)C(=O)OCC)c2ccccc21. The second-order valence-corrected chi connectivity index (χ2v) is 5.57. The molecule has 0 amide bonds. The van der Waals surface area contributed by atoms with E-state index in [4.69, 9.17) is 9.47 Å². The number of esters is 2. The lowest BCUT2D eigenvalue weighted by Gasteiger charge is -2.20. The molecule has 2 rings (SSSR count). The number of hydrogen-bond acceptors (Lipinski definition) is 5. The molecule has 0 heterocycles. The Bertz CT molecular complexity index is 631. The van der Waals surface area contributed by atoms with Crippen LogP contribution in [0.15, 0.2) is 36.9 Å². The summed E-state index contributed by atoms with van der Waals surface area (Å²) in [5, 5.41) is 0. The molecular formula is C19H22O5. The molecule has 5 heteroatoms. The van der Waals surface area contributed by atoms with Crippen molar-refractivity contribution in [2.24, 2.45) is 5.92 Å². The van der Waals surface area contributed by atoms with Crippen molar-refractivity contribution in [3.05, 3.63) is 48.0 Å². The standard InChI is InChI=1S/C19H22O5/c1-4-9-14-12-10-7-8-11-13(12)15(17(14)20)16(18(21)23-5-2)19(22)24-6-3/h4,7-8,10-11,14-16H,1,5-6,9H2,2-3H3. The van der Waals surface area contributed by atoms with Gasteiger partial charge in [-0.3, -0.25) is 14.4 Å². The largest absolute Gasteiger partial charge is 0.465 e. The zero-order chi connectivity index (χ0) is 17.7. The molecule has 0 aliphatic heterocycles. The fraction of sp³-hybridized carbons (Fsp3) is 0.421. The molecular weight excluding hydrogens is 308 g/mol. The van der Waals surface area contributed by atoms with Crippen LogP contribution in [0.4, 0.5) is 0 Å². The second-order valence-electron chi connectivity index (χ2n) is 5.57. The van der Waals surface area contributed by atoms with Crippen molar-refractivity contribution in [2.45, 2.75) is 32.1 Å². The number of ether oxygens (including phenoxy) is 2. The van der Waals surface area contributed by atoms with Gasteiger partial charge in [-0.1, -0.05) is 30.3 Å². The lowest BCUT2D eigenvalue weighted by Crippen LogP contribution is -2.36. The van der Waals surface area contributed by atoms with Gasteiger partial charge in [-0.15, -0.1) is 6.58 Å². The van der Waals surface area contributed by atoms with E-state index in [2.05, 4.69) is 6.58 Å². The number of carbonyl (C=O) groups is 3. The number of fused-ring (bicyclic) bond motifs is 1. The van der Waals surface area contributed by atoms with Gasteiger partial charge in [0, 0.05) is 5.92 Å². The molecule has 1 aromatic carbocycles. The highest BCUT2D eigenvalue weighted by Gasteiger charge is 2.49. The van der Waals surface area contributed by atoms with E-state index in [0.29, 0.717) is 12.0 Å². The molecule has 0 aromatic heterocycles. The number of rotatable bonds is 7. The summed E-state index contributed by atoms with van der Waals surface area (Å²) in [6, 6.07) is 7.28. The first-order chi connectivity index (χ1) is 11.6. The van der Waals surface area contributed by atoms with E-state index in [-0.39, 0.29) is 19.0 Å². The van der Waals surface area contributed by atoms with E-state index in [1.807, 2.05) is 12.1 Å². The predicted molar refractivity (Wildman–Crippen MR) is 88.5 cm³/mol. The fourth-order valence-corrected chi connectivity index (χ4v) is 3.22. The Morgan fingerprint density at radius 2 is 1.67 bits per heavy atom. The fourth-order valence-electron chi connectivity index (χ4n) is 3.22. The van der Waals surface area contributed by atoms with Crippen molar-refractivity contribution in [3.8, 4) is 0 Å². The molecule has 5 nitrogen and oxygen atoms in total. The van der Waals surface area contributed by atoms with Crippen LogP contribution >= 0.6 is 0 Å². The molecule has 0 bridgehead atoms. The Balaban J connectivity index is 2.48. The molecule has 24 heavy (non-hydrogen) atoms. The third-order valence-corrected chi connectivity index (χ3v) is 4.17. The van der Waals surface area contributed by atoms with Gasteiger partial charge >= 0.3 is 11.9 Å². The first kappa shape index (κ1) is 17.9. The van der Waals surface area contributed by atoms with Crippen LogP contribution in [0.5, 0.6) is 0 Å². The number of benzene rings is 1. The smallest absolute Gasteiger partial charge is 0.321 e. The van der Waals surface area contributed by atoms with Crippen LogP contribution < -0.4 is 0 Å². The monoisotopic (exact) mass is 330 g/mol. The van der Waals surface area contributed by atoms with Crippen molar-refractivity contribution in [1.29, 1.82) is 0 Å². The molecule has 1 aromatic rings. The summed E-state index contributed by atoms with van der Waals surface area (Å²) < 4.78 is 10.1. The highest BCUT2D eigenvalue weighted by atomic mass is 16.6. The molecule has 2 atom stereocenters. The molecule has 0 saturated carbocycles. The quantitative estimate of drug-likeness (QED) is 0.437. The van der Waals surface area contributed by atoms with E-state index >= 15 is 0 Å². The average molecular weight is 330 g/mol. The van der Waals surface area contributed by atoms with Gasteiger partial charge in [0.05, 0.1) is 19.1 Å². The van der Waals surface area contributed by atoms with Crippen LogP contribution in [0, 0.1) is 5.92 Å². The van der Waals surface area contributed by atoms with Gasteiger partial charge in [0.15, 0.2) is 5.92 Å². The number of hydrogen-bond donors (Lipinski definition) is 0. The minimum absolute atomic E-state index is 0.132. The first-order valence-electron chi connectivity index (χ1n) is 8.13. The highest BCUT2D eigenvalue weighted by molar-refractivity contribution is 6.07. The summed E-state index contributed by atoms with van der Waals surface area (Å²) in [6.07, 6.45) is 2.14. The maximum atomic E-state index is 12.9. The van der Waals surface area contributed by atoms with Gasteiger partial charge < -0.3 is 9.47 Å². The molecule has 0 radical (unpaired) electrons. The molecule has 2 unspecified atom stereocenters. The summed E-state index contributed by atoms with van der Waals surface area (Å²) in [4.78, 5) is 37.7.